The number of thioether (sulfide) groups is 1. The molecule has 2 atom stereocenters. The van der Waals surface area contributed by atoms with E-state index in [9.17, 15) is 24.3 Å². The number of hydrogen-bond donors (Lipinski definition) is 3. The summed E-state index contributed by atoms with van der Waals surface area (Å²) in [7, 11) is 1.26. The van der Waals surface area contributed by atoms with Crippen molar-refractivity contribution in [2.45, 2.75) is 24.8 Å². The highest BCUT2D eigenvalue weighted by Crippen LogP contribution is 2.41. The van der Waals surface area contributed by atoms with Gasteiger partial charge in [-0.2, -0.15) is 0 Å². The number of rotatable bonds is 7. The van der Waals surface area contributed by atoms with Gasteiger partial charge in [-0.25, -0.2) is 9.78 Å². The molecule has 0 radical (unpaired) electrons. The lowest BCUT2D eigenvalue weighted by molar-refractivity contribution is -0.150. The van der Waals surface area contributed by atoms with Crippen molar-refractivity contribution in [1.29, 1.82) is 0 Å². The molecule has 11 nitrogen and oxygen atoms in total. The molecular formula is C16H17N5O6S2. The summed E-state index contributed by atoms with van der Waals surface area (Å²) in [4.78, 5) is 58.1. The number of carbonyl (C=O) groups excluding carboxylic acids is 3. The van der Waals surface area contributed by atoms with Gasteiger partial charge in [0.05, 0.1) is 0 Å². The average Bonchev–Trinajstić information content (AvgIpc) is 3.08. The maximum atomic E-state index is 12.6. The normalized spacial score (nSPS) is 21.4. The minimum atomic E-state index is -1.29. The first-order valence-corrected chi connectivity index (χ1v) is 10.2. The van der Waals surface area contributed by atoms with E-state index >= 15 is 0 Å². The van der Waals surface area contributed by atoms with Crippen molar-refractivity contribution >= 4 is 57.5 Å². The van der Waals surface area contributed by atoms with Crippen molar-refractivity contribution < 1.29 is 29.1 Å². The number of hydrogen-bond acceptors (Lipinski definition) is 10. The van der Waals surface area contributed by atoms with Crippen LogP contribution in [0.2, 0.25) is 0 Å². The number of oxime groups is 1. The zero-order chi connectivity index (χ0) is 21.3. The first-order chi connectivity index (χ1) is 13.7. The Balaban J connectivity index is 1.80. The molecule has 154 valence electrons. The number of β-lactam (4-membered cyclic amide) rings is 1. The van der Waals surface area contributed by atoms with E-state index in [1.54, 1.807) is 0 Å². The first kappa shape index (κ1) is 20.8. The topological polar surface area (TPSA) is 164 Å². The third kappa shape index (κ3) is 3.96. The number of ketones is 1. The Hall–Kier alpha value is -2.93. The third-order valence-corrected chi connectivity index (χ3v) is 6.17. The van der Waals surface area contributed by atoms with Gasteiger partial charge in [0.15, 0.2) is 10.8 Å². The van der Waals surface area contributed by atoms with Crippen LogP contribution in [0.25, 0.3) is 0 Å². The fourth-order valence-corrected chi connectivity index (χ4v) is 4.92. The molecule has 3 rings (SSSR count). The van der Waals surface area contributed by atoms with Gasteiger partial charge in [-0.3, -0.25) is 19.3 Å². The molecule has 13 heteroatoms. The molecule has 0 aromatic carbocycles. The highest BCUT2D eigenvalue weighted by atomic mass is 32.2. The highest BCUT2D eigenvalue weighted by molar-refractivity contribution is 8.00. The van der Waals surface area contributed by atoms with Crippen LogP contribution in [0.1, 0.15) is 19.0 Å². The smallest absolute Gasteiger partial charge is 0.352 e. The Morgan fingerprint density at radius 2 is 2.21 bits per heavy atom. The van der Waals surface area contributed by atoms with Crippen LogP contribution >= 0.6 is 23.1 Å². The lowest BCUT2D eigenvalue weighted by Crippen LogP contribution is -2.71. The van der Waals surface area contributed by atoms with E-state index in [2.05, 4.69) is 20.3 Å². The van der Waals surface area contributed by atoms with E-state index in [1.165, 1.54) is 31.2 Å². The molecule has 1 aromatic heterocycles. The molecule has 1 aromatic rings. The summed E-state index contributed by atoms with van der Waals surface area (Å²) in [6.07, 6.45) is -0.0436. The molecule has 2 aliphatic rings. The molecule has 2 amide bonds. The molecule has 0 bridgehead atoms. The zero-order valence-electron chi connectivity index (χ0n) is 15.4. The number of amides is 2. The maximum Gasteiger partial charge on any atom is 0.352 e. The number of carboxylic acid groups (broad SMARTS) is 1. The second-order valence-electron chi connectivity index (χ2n) is 6.19. The SMILES string of the molecule is CO/N=C(\C(=O)NC1C(=O)N2C(C(=O)O)=C(CC(C)=O)CSC12)c1csc(N)n1. The van der Waals surface area contributed by atoms with E-state index in [0.717, 1.165) is 16.2 Å². The number of nitrogens with one attached hydrogen (secondary N) is 1. The van der Waals surface area contributed by atoms with Crippen LogP contribution in [-0.2, 0) is 24.0 Å². The largest absolute Gasteiger partial charge is 0.477 e. The predicted octanol–water partition coefficient (Wildman–Crippen LogP) is -0.206. The van der Waals surface area contributed by atoms with Gasteiger partial charge in [0, 0.05) is 17.6 Å². The summed E-state index contributed by atoms with van der Waals surface area (Å²) in [5, 5.41) is 16.9. The number of thiazole rings is 1. The van der Waals surface area contributed by atoms with E-state index in [0.29, 0.717) is 5.57 Å². The average molecular weight is 439 g/mol. The Morgan fingerprint density at radius 3 is 2.76 bits per heavy atom. The van der Waals surface area contributed by atoms with Crippen molar-refractivity contribution in [2.24, 2.45) is 5.16 Å². The lowest BCUT2D eigenvalue weighted by Gasteiger charge is -2.49. The summed E-state index contributed by atoms with van der Waals surface area (Å²) in [6, 6.07) is -0.946. The van der Waals surface area contributed by atoms with Crippen molar-refractivity contribution in [2.75, 3.05) is 18.6 Å². The number of aromatic nitrogens is 1. The lowest BCUT2D eigenvalue weighted by atomic mass is 10.0. The standard InChI is InChI=1S/C16H17N5O6S2/c1-6(22)3-7-4-28-14-10(13(24)21(14)11(7)15(25)26)19-12(23)9(20-27-2)8-5-29-16(17)18-8/h5,10,14H,3-4H2,1-2H3,(H2,17,18)(H,19,23)(H,25,26)/b20-9-. The number of carboxylic acids is 1. The quantitative estimate of drug-likeness (QED) is 0.296. The monoisotopic (exact) mass is 439 g/mol. The van der Waals surface area contributed by atoms with Crippen LogP contribution in [0.3, 0.4) is 0 Å². The van der Waals surface area contributed by atoms with E-state index in [4.69, 9.17) is 5.73 Å². The Kier molecular flexibility index (Phi) is 5.88. The van der Waals surface area contributed by atoms with Crippen LogP contribution in [0.4, 0.5) is 5.13 Å². The molecule has 0 saturated carbocycles. The van der Waals surface area contributed by atoms with Crippen LogP contribution in [-0.4, -0.2) is 68.5 Å². The number of nitrogens with zero attached hydrogens (tertiary/aromatic N) is 3. The van der Waals surface area contributed by atoms with Gasteiger partial charge in [0.2, 0.25) is 0 Å². The van der Waals surface area contributed by atoms with Gasteiger partial charge in [0.1, 0.15) is 35.7 Å². The Bertz CT molecular complexity index is 955. The van der Waals surface area contributed by atoms with Crippen LogP contribution in [0.5, 0.6) is 0 Å². The van der Waals surface area contributed by atoms with Gasteiger partial charge in [-0.1, -0.05) is 5.16 Å². The van der Waals surface area contributed by atoms with Gasteiger partial charge in [0.25, 0.3) is 11.8 Å². The molecule has 2 unspecified atom stereocenters. The Morgan fingerprint density at radius 1 is 1.48 bits per heavy atom. The van der Waals surface area contributed by atoms with Crippen LogP contribution in [0.15, 0.2) is 21.8 Å². The number of nitrogen functional groups attached to an aromatic ring is 1. The molecule has 1 fully saturated rings. The molecule has 2 aliphatic heterocycles. The summed E-state index contributed by atoms with van der Waals surface area (Å²) >= 11 is 2.39. The van der Waals surface area contributed by atoms with E-state index < -0.39 is 29.2 Å². The Labute approximate surface area is 173 Å². The molecule has 29 heavy (non-hydrogen) atoms. The van der Waals surface area contributed by atoms with Gasteiger partial charge < -0.3 is 21.0 Å². The van der Waals surface area contributed by atoms with E-state index in [-0.39, 0.29) is 40.2 Å². The fraction of sp³-hybridized carbons (Fsp3) is 0.375. The maximum absolute atomic E-state index is 12.6. The number of carbonyl (C=O) groups is 4. The van der Waals surface area contributed by atoms with Crippen molar-refractivity contribution in [3.8, 4) is 0 Å². The summed E-state index contributed by atoms with van der Waals surface area (Å²) in [5.41, 5.74) is 5.81. The van der Waals surface area contributed by atoms with Crippen LogP contribution < -0.4 is 11.1 Å². The van der Waals surface area contributed by atoms with Crippen LogP contribution in [0, 0.1) is 0 Å². The number of nitrogens with two attached hydrogens (primary N) is 1. The summed E-state index contributed by atoms with van der Waals surface area (Å²) in [6.45, 7) is 1.35. The van der Waals surface area contributed by atoms with Gasteiger partial charge in [-0.05, 0) is 12.5 Å². The minimum Gasteiger partial charge on any atom is -0.477 e. The molecule has 3 heterocycles. The van der Waals surface area contributed by atoms with E-state index in [1.807, 2.05) is 0 Å². The number of fused-ring (bicyclic) bond motifs is 1. The molecule has 4 N–H and O–H groups in total. The van der Waals surface area contributed by atoms with Gasteiger partial charge >= 0.3 is 5.97 Å². The number of Topliss-reactive ketones (excluding diaryl/α,β-unsaturated/α-hetero) is 1. The first-order valence-electron chi connectivity index (χ1n) is 8.27. The molecular weight excluding hydrogens is 422 g/mol. The molecule has 0 spiro atoms. The minimum absolute atomic E-state index is 0.0436. The summed E-state index contributed by atoms with van der Waals surface area (Å²) < 4.78 is 0. The van der Waals surface area contributed by atoms with Gasteiger partial charge in [-0.15, -0.1) is 23.1 Å². The number of anilines is 1. The fourth-order valence-electron chi connectivity index (χ4n) is 3.02. The zero-order valence-corrected chi connectivity index (χ0v) is 17.0. The second kappa shape index (κ2) is 8.21. The highest BCUT2D eigenvalue weighted by Gasteiger charge is 2.54. The predicted molar refractivity (Wildman–Crippen MR) is 105 cm³/mol. The molecule has 0 aliphatic carbocycles. The molecule has 1 saturated heterocycles. The third-order valence-electron chi connectivity index (χ3n) is 4.16. The van der Waals surface area contributed by atoms with Crippen molar-refractivity contribution in [1.82, 2.24) is 15.2 Å². The summed E-state index contributed by atoms with van der Waals surface area (Å²) in [5.74, 6) is -2.50. The second-order valence-corrected chi connectivity index (χ2v) is 8.19. The number of aliphatic carboxylic acids is 1. The van der Waals surface area contributed by atoms with Crippen molar-refractivity contribution in [3.05, 3.63) is 22.3 Å². The van der Waals surface area contributed by atoms with Crippen molar-refractivity contribution in [3.63, 3.8) is 0 Å².